The van der Waals surface area contributed by atoms with Crippen LogP contribution in [-0.4, -0.2) is 5.78 Å². The average molecular weight is 329 g/mol. The van der Waals surface area contributed by atoms with Gasteiger partial charge in [-0.1, -0.05) is 0 Å². The van der Waals surface area contributed by atoms with Crippen molar-refractivity contribution in [3.8, 4) is 0 Å². The van der Waals surface area contributed by atoms with Gasteiger partial charge in [-0.3, -0.25) is 4.79 Å². The van der Waals surface area contributed by atoms with Gasteiger partial charge in [-0.25, -0.2) is 0 Å². The Kier molecular flexibility index (Phi) is 3.27. The van der Waals surface area contributed by atoms with Crippen LogP contribution in [-0.2, 0) is 6.18 Å². The number of alkyl halides is 3. The largest absolute Gasteiger partial charge is 0.418 e. The molecule has 6 heteroatoms. The molecule has 0 aliphatic heterocycles. The summed E-state index contributed by atoms with van der Waals surface area (Å²) >= 11 is 1.68. The van der Waals surface area contributed by atoms with Gasteiger partial charge in [0.05, 0.1) is 5.56 Å². The molecule has 0 saturated heterocycles. The lowest BCUT2D eigenvalue weighted by Crippen LogP contribution is -2.11. The number of halogens is 4. The SMILES string of the molecule is CC(=O)c1cc(N)c(C(F)(F)F)cc1I. The zero-order chi connectivity index (χ0) is 11.8. The van der Waals surface area contributed by atoms with Crippen LogP contribution >= 0.6 is 22.6 Å². The zero-order valence-electron chi connectivity index (χ0n) is 7.65. The Morgan fingerprint density at radius 2 is 1.93 bits per heavy atom. The van der Waals surface area contributed by atoms with Crippen LogP contribution in [0.15, 0.2) is 12.1 Å². The van der Waals surface area contributed by atoms with E-state index in [1.807, 2.05) is 0 Å². The van der Waals surface area contributed by atoms with Crippen LogP contribution in [0.5, 0.6) is 0 Å². The lowest BCUT2D eigenvalue weighted by atomic mass is 10.1. The van der Waals surface area contributed by atoms with Gasteiger partial charge >= 0.3 is 6.18 Å². The Bertz CT molecular complexity index is 415. The molecule has 0 aromatic heterocycles. The first-order valence-corrected chi connectivity index (χ1v) is 4.98. The highest BCUT2D eigenvalue weighted by Crippen LogP contribution is 2.35. The minimum absolute atomic E-state index is 0.209. The van der Waals surface area contributed by atoms with E-state index in [9.17, 15) is 18.0 Å². The third-order valence-electron chi connectivity index (χ3n) is 1.82. The van der Waals surface area contributed by atoms with Crippen molar-refractivity contribution in [2.45, 2.75) is 13.1 Å². The van der Waals surface area contributed by atoms with E-state index in [2.05, 4.69) is 0 Å². The van der Waals surface area contributed by atoms with Crippen molar-refractivity contribution < 1.29 is 18.0 Å². The van der Waals surface area contributed by atoms with Crippen LogP contribution in [0.3, 0.4) is 0 Å². The van der Waals surface area contributed by atoms with Crippen molar-refractivity contribution in [3.63, 3.8) is 0 Å². The number of benzene rings is 1. The summed E-state index contributed by atoms with van der Waals surface area (Å²) in [6.07, 6.45) is -4.49. The molecule has 0 fully saturated rings. The minimum Gasteiger partial charge on any atom is -0.398 e. The molecule has 0 aliphatic rings. The number of nitrogens with two attached hydrogens (primary N) is 1. The molecule has 0 heterocycles. The summed E-state index contributed by atoms with van der Waals surface area (Å²) in [5.41, 5.74) is 4.12. The fourth-order valence-electron chi connectivity index (χ4n) is 1.11. The molecule has 2 nitrogen and oxygen atoms in total. The summed E-state index contributed by atoms with van der Waals surface area (Å²) in [6.45, 7) is 1.28. The molecule has 2 N–H and O–H groups in total. The molecule has 1 rings (SSSR count). The number of anilines is 1. The maximum Gasteiger partial charge on any atom is 0.418 e. The van der Waals surface area contributed by atoms with Crippen LogP contribution in [0.4, 0.5) is 18.9 Å². The number of carbonyl (C=O) groups is 1. The van der Waals surface area contributed by atoms with Crippen LogP contribution in [0, 0.1) is 3.57 Å². The topological polar surface area (TPSA) is 43.1 Å². The summed E-state index contributed by atoms with van der Waals surface area (Å²) in [7, 11) is 0. The van der Waals surface area contributed by atoms with Crippen molar-refractivity contribution in [2.75, 3.05) is 5.73 Å². The first-order chi connectivity index (χ1) is 6.73. The second-order valence-corrected chi connectivity index (χ2v) is 4.14. The van der Waals surface area contributed by atoms with Gasteiger partial charge < -0.3 is 5.73 Å². The molecule has 0 bridgehead atoms. The molecule has 0 amide bonds. The van der Waals surface area contributed by atoms with Gasteiger partial charge in [-0.2, -0.15) is 13.2 Å². The van der Waals surface area contributed by atoms with E-state index in [0.29, 0.717) is 0 Å². The molecule has 0 aliphatic carbocycles. The van der Waals surface area contributed by atoms with Gasteiger partial charge in [0.2, 0.25) is 0 Å². The smallest absolute Gasteiger partial charge is 0.398 e. The van der Waals surface area contributed by atoms with Gasteiger partial charge in [0, 0.05) is 14.8 Å². The highest BCUT2D eigenvalue weighted by atomic mass is 127. The van der Waals surface area contributed by atoms with E-state index in [0.717, 1.165) is 12.1 Å². The van der Waals surface area contributed by atoms with Gasteiger partial charge in [-0.05, 0) is 41.6 Å². The van der Waals surface area contributed by atoms with Crippen molar-refractivity contribution in [3.05, 3.63) is 26.8 Å². The summed E-state index contributed by atoms with van der Waals surface area (Å²) in [5, 5.41) is 0. The van der Waals surface area contributed by atoms with Gasteiger partial charge in [0.25, 0.3) is 0 Å². The van der Waals surface area contributed by atoms with E-state index in [1.165, 1.54) is 6.92 Å². The Balaban J connectivity index is 3.39. The third kappa shape index (κ3) is 2.61. The molecule has 0 saturated carbocycles. The average Bonchev–Trinajstić information content (AvgIpc) is 2.06. The van der Waals surface area contributed by atoms with Crippen molar-refractivity contribution in [2.24, 2.45) is 0 Å². The number of hydrogen-bond donors (Lipinski definition) is 1. The van der Waals surface area contributed by atoms with Crippen LogP contribution in [0.25, 0.3) is 0 Å². The highest BCUT2D eigenvalue weighted by Gasteiger charge is 2.33. The highest BCUT2D eigenvalue weighted by molar-refractivity contribution is 14.1. The predicted molar refractivity (Wildman–Crippen MR) is 58.6 cm³/mol. The summed E-state index contributed by atoms with van der Waals surface area (Å²) in [5.74, 6) is -0.306. The summed E-state index contributed by atoms with van der Waals surface area (Å²) < 4.78 is 37.4. The number of Topliss-reactive ketones (excluding diaryl/α,β-unsaturated/α-hetero) is 1. The Hall–Kier alpha value is -0.790. The maximum absolute atomic E-state index is 12.4. The van der Waals surface area contributed by atoms with Crippen LogP contribution < -0.4 is 5.73 Å². The van der Waals surface area contributed by atoms with E-state index in [4.69, 9.17) is 5.73 Å². The Morgan fingerprint density at radius 3 is 2.33 bits per heavy atom. The van der Waals surface area contributed by atoms with Gasteiger partial charge in [0.1, 0.15) is 0 Å². The minimum atomic E-state index is -4.49. The van der Waals surface area contributed by atoms with Crippen molar-refractivity contribution in [1.29, 1.82) is 0 Å². The number of hydrogen-bond acceptors (Lipinski definition) is 2. The number of ketones is 1. The number of nitrogen functional groups attached to an aromatic ring is 1. The molecule has 0 atom stereocenters. The summed E-state index contributed by atoms with van der Waals surface area (Å²) in [4.78, 5) is 11.0. The molecule has 1 aromatic carbocycles. The number of carbonyl (C=O) groups excluding carboxylic acids is 1. The van der Waals surface area contributed by atoms with E-state index >= 15 is 0 Å². The molecule has 15 heavy (non-hydrogen) atoms. The van der Waals surface area contributed by atoms with Crippen LogP contribution in [0.1, 0.15) is 22.8 Å². The first-order valence-electron chi connectivity index (χ1n) is 3.90. The van der Waals surface area contributed by atoms with E-state index < -0.39 is 17.4 Å². The summed E-state index contributed by atoms with van der Waals surface area (Å²) in [6, 6.07) is 1.94. The van der Waals surface area contributed by atoms with E-state index in [1.54, 1.807) is 22.6 Å². The van der Waals surface area contributed by atoms with Crippen LogP contribution in [0.2, 0.25) is 0 Å². The van der Waals surface area contributed by atoms with Crippen molar-refractivity contribution >= 4 is 34.1 Å². The quantitative estimate of drug-likeness (QED) is 0.489. The second kappa shape index (κ2) is 3.99. The Labute approximate surface area is 97.8 Å². The molecular weight excluding hydrogens is 322 g/mol. The first kappa shape index (κ1) is 12.3. The third-order valence-corrected chi connectivity index (χ3v) is 2.72. The van der Waals surface area contributed by atoms with E-state index in [-0.39, 0.29) is 14.9 Å². The maximum atomic E-state index is 12.4. The molecule has 82 valence electrons. The molecule has 0 spiro atoms. The fourth-order valence-corrected chi connectivity index (χ4v) is 1.95. The predicted octanol–water partition coefficient (Wildman–Crippen LogP) is 3.09. The monoisotopic (exact) mass is 329 g/mol. The fraction of sp³-hybridized carbons (Fsp3) is 0.222. The molecule has 0 radical (unpaired) electrons. The van der Waals surface area contributed by atoms with Gasteiger partial charge in [-0.15, -0.1) is 0 Å². The molecular formula is C9H7F3INO. The second-order valence-electron chi connectivity index (χ2n) is 2.97. The normalized spacial score (nSPS) is 11.5. The molecule has 1 aromatic rings. The van der Waals surface area contributed by atoms with Crippen molar-refractivity contribution in [1.82, 2.24) is 0 Å². The van der Waals surface area contributed by atoms with Gasteiger partial charge in [0.15, 0.2) is 5.78 Å². The lowest BCUT2D eigenvalue weighted by molar-refractivity contribution is -0.136. The molecule has 0 unspecified atom stereocenters. The Morgan fingerprint density at radius 1 is 1.40 bits per heavy atom. The zero-order valence-corrected chi connectivity index (χ0v) is 9.81. The number of rotatable bonds is 1. The standard InChI is InChI=1S/C9H7F3INO/c1-4(15)5-2-8(14)6(3-7(5)13)9(10,11)12/h2-3H,14H2,1H3. The lowest BCUT2D eigenvalue weighted by Gasteiger charge is -2.12.